The van der Waals surface area contributed by atoms with Crippen LogP contribution in [0.25, 0.3) is 0 Å². The molecule has 1 saturated heterocycles. The van der Waals surface area contributed by atoms with Gasteiger partial charge in [0.15, 0.2) is 6.54 Å². The number of nitrogens with two attached hydrogens (primary N) is 1. The van der Waals surface area contributed by atoms with E-state index < -0.39 is 0 Å². The summed E-state index contributed by atoms with van der Waals surface area (Å²) in [5, 5.41) is 2.58. The highest BCUT2D eigenvalue weighted by atomic mass is 35.5. The van der Waals surface area contributed by atoms with Crippen LogP contribution in [0.4, 0.5) is 5.69 Å². The molecular formula is C14H19ClN3O2+. The topological polar surface area (TPSA) is 57.2 Å². The maximum absolute atomic E-state index is 12.0. The lowest BCUT2D eigenvalue weighted by Crippen LogP contribution is -2.90. The first-order chi connectivity index (χ1) is 9.47. The molecule has 1 aromatic carbocycles. The van der Waals surface area contributed by atoms with Crippen molar-refractivity contribution in [1.29, 1.82) is 0 Å². The average Bonchev–Trinajstić information content (AvgIpc) is 2.79. The van der Waals surface area contributed by atoms with Gasteiger partial charge in [0.1, 0.15) is 13.2 Å². The number of amides is 2. The fraction of sp³-hybridized carbons (Fsp3) is 0.429. The predicted molar refractivity (Wildman–Crippen MR) is 77.4 cm³/mol. The van der Waals surface area contributed by atoms with Gasteiger partial charge < -0.3 is 10.2 Å². The van der Waals surface area contributed by atoms with Crippen LogP contribution in [-0.4, -0.2) is 42.5 Å². The summed E-state index contributed by atoms with van der Waals surface area (Å²) in [4.78, 5) is 27.2. The molecule has 0 atom stereocenters. The van der Waals surface area contributed by atoms with Crippen molar-refractivity contribution in [2.24, 2.45) is 0 Å². The normalized spacial score (nSPS) is 15.3. The van der Waals surface area contributed by atoms with Crippen molar-refractivity contribution in [3.8, 4) is 0 Å². The zero-order valence-electron chi connectivity index (χ0n) is 11.7. The molecule has 5 nitrogen and oxygen atoms in total. The van der Waals surface area contributed by atoms with E-state index in [1.54, 1.807) is 34.1 Å². The minimum atomic E-state index is -0.0646. The van der Waals surface area contributed by atoms with Crippen molar-refractivity contribution < 1.29 is 14.9 Å². The molecule has 0 bridgehead atoms. The molecule has 2 amide bonds. The summed E-state index contributed by atoms with van der Waals surface area (Å²) in [6, 6.07) is 7.41. The van der Waals surface area contributed by atoms with Gasteiger partial charge in [0.05, 0.1) is 6.04 Å². The first kappa shape index (κ1) is 14.8. The second-order valence-electron chi connectivity index (χ2n) is 5.22. The van der Waals surface area contributed by atoms with Gasteiger partial charge in [-0.15, -0.1) is 0 Å². The molecule has 1 fully saturated rings. The van der Waals surface area contributed by atoms with Gasteiger partial charge in [-0.3, -0.25) is 14.5 Å². The van der Waals surface area contributed by atoms with Crippen LogP contribution >= 0.6 is 11.6 Å². The van der Waals surface area contributed by atoms with Crippen molar-refractivity contribution in [2.45, 2.75) is 19.9 Å². The molecule has 0 aromatic heterocycles. The van der Waals surface area contributed by atoms with Crippen LogP contribution in [0.3, 0.4) is 0 Å². The summed E-state index contributed by atoms with van der Waals surface area (Å²) >= 11 is 5.83. The van der Waals surface area contributed by atoms with Crippen molar-refractivity contribution >= 4 is 29.1 Å². The number of quaternary nitrogens is 1. The number of benzene rings is 1. The van der Waals surface area contributed by atoms with E-state index in [1.165, 1.54) is 0 Å². The Morgan fingerprint density at radius 1 is 1.35 bits per heavy atom. The van der Waals surface area contributed by atoms with E-state index in [0.29, 0.717) is 24.3 Å². The highest BCUT2D eigenvalue weighted by molar-refractivity contribution is 6.30. The van der Waals surface area contributed by atoms with E-state index >= 15 is 0 Å². The van der Waals surface area contributed by atoms with E-state index in [0.717, 1.165) is 5.69 Å². The van der Waals surface area contributed by atoms with Crippen LogP contribution in [0.1, 0.15) is 13.8 Å². The fourth-order valence-corrected chi connectivity index (χ4v) is 2.15. The fourth-order valence-electron chi connectivity index (χ4n) is 2.03. The third-order valence-corrected chi connectivity index (χ3v) is 3.45. The number of halogens is 1. The number of anilines is 1. The standard InChI is InChI=1S/C14H18ClN3O2/c1-10(2)16-7-13(19)17-8-14(20)18(9-17)12-5-3-11(15)4-6-12/h3-6,10,16H,7-9H2,1-2H3/p+1. The molecule has 0 radical (unpaired) electrons. The van der Waals surface area contributed by atoms with Gasteiger partial charge in [0, 0.05) is 10.7 Å². The molecule has 0 unspecified atom stereocenters. The SMILES string of the molecule is CC(C)[NH2+]CC(=O)N1CC(=O)N(c2ccc(Cl)cc2)C1. The number of nitrogens with zero attached hydrogens (tertiary/aromatic N) is 2. The summed E-state index contributed by atoms with van der Waals surface area (Å²) in [6.07, 6.45) is 0. The summed E-state index contributed by atoms with van der Waals surface area (Å²) in [5.74, 6) is -0.0752. The minimum Gasteiger partial charge on any atom is -0.336 e. The summed E-state index contributed by atoms with van der Waals surface area (Å²) in [5.41, 5.74) is 0.766. The van der Waals surface area contributed by atoms with Gasteiger partial charge in [0.2, 0.25) is 5.91 Å². The molecule has 2 rings (SSSR count). The van der Waals surface area contributed by atoms with Crippen LogP contribution in [0, 0.1) is 0 Å². The molecule has 1 aliphatic heterocycles. The van der Waals surface area contributed by atoms with Gasteiger partial charge >= 0.3 is 0 Å². The quantitative estimate of drug-likeness (QED) is 0.877. The van der Waals surface area contributed by atoms with Crippen LogP contribution in [0.15, 0.2) is 24.3 Å². The van der Waals surface area contributed by atoms with Crippen molar-refractivity contribution in [3.05, 3.63) is 29.3 Å². The Kier molecular flexibility index (Phi) is 4.62. The van der Waals surface area contributed by atoms with Crippen LogP contribution in [0.2, 0.25) is 5.02 Å². The first-order valence-electron chi connectivity index (χ1n) is 6.64. The second-order valence-corrected chi connectivity index (χ2v) is 5.65. The van der Waals surface area contributed by atoms with Crippen LogP contribution in [0.5, 0.6) is 0 Å². The molecule has 2 N–H and O–H groups in total. The third kappa shape index (κ3) is 3.49. The number of hydrogen-bond donors (Lipinski definition) is 1. The average molecular weight is 297 g/mol. The third-order valence-electron chi connectivity index (χ3n) is 3.19. The Morgan fingerprint density at radius 2 is 2.00 bits per heavy atom. The summed E-state index contributed by atoms with van der Waals surface area (Å²) in [6.45, 7) is 4.89. The molecule has 1 aromatic rings. The number of carbonyl (C=O) groups is 2. The van der Waals surface area contributed by atoms with Crippen molar-refractivity contribution in [1.82, 2.24) is 4.90 Å². The van der Waals surface area contributed by atoms with E-state index in [1.807, 2.05) is 19.2 Å². The highest BCUT2D eigenvalue weighted by Crippen LogP contribution is 2.21. The van der Waals surface area contributed by atoms with Gasteiger partial charge in [-0.2, -0.15) is 0 Å². The molecule has 6 heteroatoms. The zero-order valence-corrected chi connectivity index (χ0v) is 12.4. The predicted octanol–water partition coefficient (Wildman–Crippen LogP) is 0.445. The Labute approximate surface area is 123 Å². The Balaban J connectivity index is 2.00. The molecular weight excluding hydrogens is 278 g/mol. The van der Waals surface area contributed by atoms with Crippen molar-refractivity contribution in [2.75, 3.05) is 24.7 Å². The molecule has 1 heterocycles. The van der Waals surface area contributed by atoms with E-state index in [4.69, 9.17) is 11.6 Å². The molecule has 108 valence electrons. The van der Waals surface area contributed by atoms with Crippen LogP contribution < -0.4 is 10.2 Å². The second kappa shape index (κ2) is 6.24. The molecule has 20 heavy (non-hydrogen) atoms. The van der Waals surface area contributed by atoms with Gasteiger partial charge in [0.25, 0.3) is 5.91 Å². The first-order valence-corrected chi connectivity index (χ1v) is 7.02. The molecule has 0 aliphatic carbocycles. The maximum atomic E-state index is 12.0. The number of carbonyl (C=O) groups excluding carboxylic acids is 2. The van der Waals surface area contributed by atoms with Gasteiger partial charge in [-0.1, -0.05) is 11.6 Å². The Hall–Kier alpha value is -1.59. The number of rotatable bonds is 4. The zero-order chi connectivity index (χ0) is 14.7. The van der Waals surface area contributed by atoms with E-state index in [9.17, 15) is 9.59 Å². The van der Waals surface area contributed by atoms with Gasteiger partial charge in [-0.25, -0.2) is 0 Å². The lowest BCUT2D eigenvalue weighted by atomic mass is 10.3. The molecule has 0 spiro atoms. The largest absolute Gasteiger partial charge is 0.336 e. The number of hydrogen-bond acceptors (Lipinski definition) is 2. The van der Waals surface area contributed by atoms with E-state index in [-0.39, 0.29) is 18.4 Å². The maximum Gasteiger partial charge on any atom is 0.279 e. The Morgan fingerprint density at radius 3 is 2.60 bits per heavy atom. The van der Waals surface area contributed by atoms with Gasteiger partial charge in [-0.05, 0) is 38.1 Å². The van der Waals surface area contributed by atoms with Crippen LogP contribution in [-0.2, 0) is 9.59 Å². The lowest BCUT2D eigenvalue weighted by Gasteiger charge is -2.18. The van der Waals surface area contributed by atoms with Crippen molar-refractivity contribution in [3.63, 3.8) is 0 Å². The molecule has 0 saturated carbocycles. The lowest BCUT2D eigenvalue weighted by molar-refractivity contribution is -0.673. The Bertz CT molecular complexity index is 502. The summed E-state index contributed by atoms with van der Waals surface area (Å²) in [7, 11) is 0. The molecule has 1 aliphatic rings. The monoisotopic (exact) mass is 296 g/mol. The highest BCUT2D eigenvalue weighted by Gasteiger charge is 2.32. The summed E-state index contributed by atoms with van der Waals surface area (Å²) < 4.78 is 0. The minimum absolute atomic E-state index is 0.0106. The smallest absolute Gasteiger partial charge is 0.279 e. The van der Waals surface area contributed by atoms with E-state index in [2.05, 4.69) is 0 Å².